The Hall–Kier alpha value is -3.33. The van der Waals surface area contributed by atoms with Gasteiger partial charge in [-0.25, -0.2) is 9.97 Å². The number of hydrogen-bond acceptors (Lipinski definition) is 3. The maximum atomic E-state index is 4.77. The smallest absolute Gasteiger partial charge is 0.160 e. The Balaban J connectivity index is 1.45. The van der Waals surface area contributed by atoms with E-state index in [9.17, 15) is 0 Å². The van der Waals surface area contributed by atoms with Crippen LogP contribution in [-0.2, 0) is 10.8 Å². The number of aromatic nitrogens is 3. The van der Waals surface area contributed by atoms with Crippen molar-refractivity contribution in [3.8, 4) is 33.8 Å². The molecule has 3 heteroatoms. The molecule has 0 amide bonds. The molecule has 1 aliphatic rings. The SMILES string of the molecule is CC1(C)c2ccc(-c3ccc(-c4ncc(-c5ccccc5)cn4)cn3)cc2C(C)(C)C1(C)C. The highest BCUT2D eigenvalue weighted by atomic mass is 14.9. The van der Waals surface area contributed by atoms with Crippen LogP contribution in [0.5, 0.6) is 0 Å². The second-order valence-electron chi connectivity index (χ2n) is 10.7. The summed E-state index contributed by atoms with van der Waals surface area (Å²) in [5.74, 6) is 0.687. The first-order chi connectivity index (χ1) is 15.6. The number of nitrogens with zero attached hydrogens (tertiary/aromatic N) is 3. The molecule has 0 N–H and O–H groups in total. The van der Waals surface area contributed by atoms with Crippen LogP contribution in [0.4, 0.5) is 0 Å². The fourth-order valence-corrected chi connectivity index (χ4v) is 5.17. The van der Waals surface area contributed by atoms with Crippen molar-refractivity contribution in [1.29, 1.82) is 0 Å². The van der Waals surface area contributed by atoms with Crippen LogP contribution in [0.3, 0.4) is 0 Å². The minimum Gasteiger partial charge on any atom is -0.255 e. The third-order valence-electron chi connectivity index (χ3n) is 8.57. The molecule has 0 bridgehead atoms. The summed E-state index contributed by atoms with van der Waals surface area (Å²) in [6.07, 6.45) is 5.62. The molecule has 166 valence electrons. The molecule has 5 rings (SSSR count). The molecule has 3 nitrogen and oxygen atoms in total. The fourth-order valence-electron chi connectivity index (χ4n) is 5.17. The average molecular weight is 434 g/mol. The highest BCUT2D eigenvalue weighted by Crippen LogP contribution is 2.61. The van der Waals surface area contributed by atoms with Gasteiger partial charge in [0.15, 0.2) is 5.82 Å². The molecule has 2 aromatic carbocycles. The number of rotatable bonds is 3. The highest BCUT2D eigenvalue weighted by molar-refractivity contribution is 5.67. The van der Waals surface area contributed by atoms with Crippen LogP contribution >= 0.6 is 0 Å². The predicted molar refractivity (Wildman–Crippen MR) is 136 cm³/mol. The van der Waals surface area contributed by atoms with Crippen molar-refractivity contribution in [2.24, 2.45) is 5.41 Å². The number of fused-ring (bicyclic) bond motifs is 1. The van der Waals surface area contributed by atoms with Gasteiger partial charge in [0, 0.05) is 35.3 Å². The third-order valence-corrected chi connectivity index (χ3v) is 8.57. The maximum Gasteiger partial charge on any atom is 0.160 e. The summed E-state index contributed by atoms with van der Waals surface area (Å²) in [6, 6.07) is 21.2. The van der Waals surface area contributed by atoms with Crippen LogP contribution in [0.15, 0.2) is 79.3 Å². The fraction of sp³-hybridized carbons (Fsp3) is 0.300. The van der Waals surface area contributed by atoms with Crippen molar-refractivity contribution in [3.05, 3.63) is 90.4 Å². The van der Waals surface area contributed by atoms with Gasteiger partial charge in [0.1, 0.15) is 0 Å². The summed E-state index contributed by atoms with van der Waals surface area (Å²) in [5.41, 5.74) is 8.40. The van der Waals surface area contributed by atoms with Gasteiger partial charge >= 0.3 is 0 Å². The molecule has 0 aliphatic heterocycles. The Kier molecular flexibility index (Phi) is 4.79. The summed E-state index contributed by atoms with van der Waals surface area (Å²) >= 11 is 0. The normalized spacial score (nSPS) is 17.5. The molecule has 4 aromatic rings. The Morgan fingerprint density at radius 1 is 0.515 bits per heavy atom. The molecule has 0 atom stereocenters. The van der Waals surface area contributed by atoms with Gasteiger partial charge < -0.3 is 0 Å². The summed E-state index contributed by atoms with van der Waals surface area (Å²) in [4.78, 5) is 13.9. The molecule has 1 aliphatic carbocycles. The Bertz CT molecular complexity index is 1300. The number of pyridine rings is 1. The monoisotopic (exact) mass is 433 g/mol. The largest absolute Gasteiger partial charge is 0.255 e. The molecule has 2 heterocycles. The van der Waals surface area contributed by atoms with Crippen LogP contribution in [-0.4, -0.2) is 15.0 Å². The first kappa shape index (κ1) is 21.5. The van der Waals surface area contributed by atoms with E-state index in [1.807, 2.05) is 36.8 Å². The van der Waals surface area contributed by atoms with E-state index >= 15 is 0 Å². The van der Waals surface area contributed by atoms with Crippen molar-refractivity contribution in [2.75, 3.05) is 0 Å². The van der Waals surface area contributed by atoms with E-state index < -0.39 is 0 Å². The van der Waals surface area contributed by atoms with E-state index in [4.69, 9.17) is 4.98 Å². The van der Waals surface area contributed by atoms with Crippen molar-refractivity contribution < 1.29 is 0 Å². The molecule has 0 fully saturated rings. The van der Waals surface area contributed by atoms with Crippen LogP contribution < -0.4 is 0 Å². The standard InChI is InChI=1S/C30H31N3/c1-28(2)24-14-12-21(16-25(24)29(3,4)30(28,5)6)26-15-13-22(17-31-26)27-32-18-23(19-33-27)20-10-8-7-9-11-20/h7-19H,1-6H3. The first-order valence-electron chi connectivity index (χ1n) is 11.6. The molecule has 33 heavy (non-hydrogen) atoms. The van der Waals surface area contributed by atoms with Crippen LogP contribution in [0.2, 0.25) is 0 Å². The van der Waals surface area contributed by atoms with Crippen molar-refractivity contribution in [3.63, 3.8) is 0 Å². The molecule has 0 saturated carbocycles. The van der Waals surface area contributed by atoms with Gasteiger partial charge in [-0.1, -0.05) is 84.0 Å². The predicted octanol–water partition coefficient (Wildman–Crippen LogP) is 7.47. The van der Waals surface area contributed by atoms with Crippen LogP contribution in [0.25, 0.3) is 33.8 Å². The van der Waals surface area contributed by atoms with Crippen LogP contribution in [0.1, 0.15) is 52.7 Å². The van der Waals surface area contributed by atoms with Crippen LogP contribution in [0, 0.1) is 5.41 Å². The van der Waals surface area contributed by atoms with E-state index in [0.717, 1.165) is 27.9 Å². The van der Waals surface area contributed by atoms with Crippen molar-refractivity contribution >= 4 is 0 Å². The van der Waals surface area contributed by atoms with E-state index in [-0.39, 0.29) is 16.2 Å². The molecule has 2 aromatic heterocycles. The number of hydrogen-bond donors (Lipinski definition) is 0. The zero-order valence-electron chi connectivity index (χ0n) is 20.3. The van der Waals surface area contributed by atoms with E-state index in [1.165, 1.54) is 11.1 Å². The van der Waals surface area contributed by atoms with E-state index in [1.54, 1.807) is 0 Å². The zero-order valence-corrected chi connectivity index (χ0v) is 20.3. The molecule has 0 unspecified atom stereocenters. The lowest BCUT2D eigenvalue weighted by Crippen LogP contribution is -2.42. The van der Waals surface area contributed by atoms with E-state index in [2.05, 4.69) is 94.0 Å². The van der Waals surface area contributed by atoms with Gasteiger partial charge in [-0.05, 0) is 51.1 Å². The summed E-state index contributed by atoms with van der Waals surface area (Å²) in [6.45, 7) is 14.3. The summed E-state index contributed by atoms with van der Waals surface area (Å²) in [7, 11) is 0. The molecule has 0 radical (unpaired) electrons. The van der Waals surface area contributed by atoms with Crippen molar-refractivity contribution in [2.45, 2.75) is 52.4 Å². The first-order valence-corrected chi connectivity index (χ1v) is 11.6. The van der Waals surface area contributed by atoms with Gasteiger partial charge in [0.2, 0.25) is 0 Å². The summed E-state index contributed by atoms with van der Waals surface area (Å²) in [5, 5.41) is 0. The third kappa shape index (κ3) is 3.21. The lowest BCUT2D eigenvalue weighted by molar-refractivity contribution is 0.125. The van der Waals surface area contributed by atoms with Gasteiger partial charge in [-0.3, -0.25) is 4.98 Å². The quantitative estimate of drug-likeness (QED) is 0.336. The topological polar surface area (TPSA) is 38.7 Å². The second kappa shape index (κ2) is 7.34. The lowest BCUT2D eigenvalue weighted by Gasteiger charge is -2.44. The highest BCUT2D eigenvalue weighted by Gasteiger charge is 2.56. The number of benzene rings is 2. The zero-order chi connectivity index (χ0) is 23.4. The summed E-state index contributed by atoms with van der Waals surface area (Å²) < 4.78 is 0. The second-order valence-corrected chi connectivity index (χ2v) is 10.7. The Morgan fingerprint density at radius 2 is 1.12 bits per heavy atom. The lowest BCUT2D eigenvalue weighted by atomic mass is 9.59. The Morgan fingerprint density at radius 3 is 1.76 bits per heavy atom. The molecule has 0 spiro atoms. The minimum atomic E-state index is 0.0795. The molecule has 0 saturated heterocycles. The van der Waals surface area contributed by atoms with E-state index in [0.29, 0.717) is 5.82 Å². The average Bonchev–Trinajstić information content (AvgIpc) is 2.94. The maximum absolute atomic E-state index is 4.77. The van der Waals surface area contributed by atoms with Crippen molar-refractivity contribution in [1.82, 2.24) is 15.0 Å². The minimum absolute atomic E-state index is 0.0795. The van der Waals surface area contributed by atoms with Gasteiger partial charge in [0.05, 0.1) is 5.69 Å². The molecular weight excluding hydrogens is 402 g/mol. The van der Waals surface area contributed by atoms with Gasteiger partial charge in [-0.2, -0.15) is 0 Å². The van der Waals surface area contributed by atoms with Gasteiger partial charge in [-0.15, -0.1) is 0 Å². The Labute approximate surface area is 197 Å². The van der Waals surface area contributed by atoms with Gasteiger partial charge in [0.25, 0.3) is 0 Å². The molecular formula is C30H31N3.